The van der Waals surface area contributed by atoms with Crippen LogP contribution in [0, 0.1) is 5.92 Å². The molecule has 0 radical (unpaired) electrons. The zero-order valence-corrected chi connectivity index (χ0v) is 14.8. The summed E-state index contributed by atoms with van der Waals surface area (Å²) in [5.41, 5.74) is 1.15. The van der Waals surface area contributed by atoms with Crippen LogP contribution in [-0.2, 0) is 14.8 Å². The third kappa shape index (κ3) is 6.92. The van der Waals surface area contributed by atoms with E-state index >= 15 is 0 Å². The third-order valence-corrected chi connectivity index (χ3v) is 4.47. The van der Waals surface area contributed by atoms with Crippen LogP contribution in [0.15, 0.2) is 24.3 Å². The van der Waals surface area contributed by atoms with Gasteiger partial charge in [0.1, 0.15) is 0 Å². The highest BCUT2D eigenvalue weighted by atomic mass is 32.2. The fourth-order valence-electron chi connectivity index (χ4n) is 2.04. The van der Waals surface area contributed by atoms with Crippen molar-refractivity contribution in [1.29, 1.82) is 0 Å². The molecular formula is C16H24N2O4S. The predicted octanol–water partition coefficient (Wildman–Crippen LogP) is 2.14. The Morgan fingerprint density at radius 2 is 1.74 bits per heavy atom. The van der Waals surface area contributed by atoms with Crippen LogP contribution in [0.3, 0.4) is 0 Å². The van der Waals surface area contributed by atoms with Gasteiger partial charge in [-0.25, -0.2) is 12.7 Å². The Bertz CT molecular complexity index is 651. The number of Topliss-reactive ketones (excluding diaryl/α,β-unsaturated/α-hetero) is 1. The van der Waals surface area contributed by atoms with Crippen LogP contribution in [0.25, 0.3) is 0 Å². The Morgan fingerprint density at radius 1 is 1.17 bits per heavy atom. The van der Waals surface area contributed by atoms with Gasteiger partial charge in [0.15, 0.2) is 5.78 Å². The maximum absolute atomic E-state index is 11.9. The van der Waals surface area contributed by atoms with Gasteiger partial charge in [-0.05, 0) is 37.1 Å². The fourth-order valence-corrected chi connectivity index (χ4v) is 3.03. The van der Waals surface area contributed by atoms with Gasteiger partial charge in [0.25, 0.3) is 0 Å². The van der Waals surface area contributed by atoms with Crippen molar-refractivity contribution in [1.82, 2.24) is 4.31 Å². The van der Waals surface area contributed by atoms with Crippen molar-refractivity contribution >= 4 is 27.4 Å². The average Bonchev–Trinajstić information content (AvgIpc) is 2.42. The predicted molar refractivity (Wildman–Crippen MR) is 90.9 cm³/mol. The largest absolute Gasteiger partial charge is 0.326 e. The van der Waals surface area contributed by atoms with Gasteiger partial charge >= 0.3 is 0 Å². The first-order valence-corrected chi connectivity index (χ1v) is 9.30. The van der Waals surface area contributed by atoms with Gasteiger partial charge in [0.05, 0.1) is 6.26 Å². The minimum atomic E-state index is -3.33. The monoisotopic (exact) mass is 340 g/mol. The molecule has 0 heterocycles. The smallest absolute Gasteiger partial charge is 0.225 e. The number of nitrogens with one attached hydrogen (secondary N) is 1. The molecule has 1 aromatic carbocycles. The molecule has 23 heavy (non-hydrogen) atoms. The topological polar surface area (TPSA) is 83.6 Å². The van der Waals surface area contributed by atoms with Gasteiger partial charge in [0.2, 0.25) is 15.9 Å². The average molecular weight is 340 g/mol. The zero-order valence-electron chi connectivity index (χ0n) is 14.0. The summed E-state index contributed by atoms with van der Waals surface area (Å²) in [7, 11) is -3.33. The lowest BCUT2D eigenvalue weighted by atomic mass is 10.1. The molecule has 0 aliphatic carbocycles. The van der Waals surface area contributed by atoms with E-state index < -0.39 is 10.0 Å². The standard InChI is InChI=1S/C16H24N2O4S/c1-12(2)11-18(23(4,21)22)10-9-16(20)17-15-7-5-14(6-8-15)13(3)19/h5-8,12H,9-11H2,1-4H3,(H,17,20). The maximum atomic E-state index is 11.9. The third-order valence-electron chi connectivity index (χ3n) is 3.20. The molecule has 1 amide bonds. The lowest BCUT2D eigenvalue weighted by molar-refractivity contribution is -0.116. The normalized spacial score (nSPS) is 11.7. The summed E-state index contributed by atoms with van der Waals surface area (Å²) < 4.78 is 24.7. The molecule has 0 bridgehead atoms. The molecule has 1 rings (SSSR count). The zero-order chi connectivity index (χ0) is 17.6. The van der Waals surface area contributed by atoms with E-state index in [0.717, 1.165) is 6.26 Å². The van der Waals surface area contributed by atoms with Crippen LogP contribution in [0.2, 0.25) is 0 Å². The molecule has 7 heteroatoms. The van der Waals surface area contributed by atoms with E-state index in [1.165, 1.54) is 11.2 Å². The number of carbonyl (C=O) groups is 2. The first-order chi connectivity index (χ1) is 10.6. The van der Waals surface area contributed by atoms with Crippen molar-refractivity contribution in [2.45, 2.75) is 27.2 Å². The second kappa shape index (κ2) is 8.21. The van der Waals surface area contributed by atoms with Gasteiger partial charge < -0.3 is 5.32 Å². The van der Waals surface area contributed by atoms with E-state index in [0.29, 0.717) is 17.8 Å². The molecule has 1 aromatic rings. The van der Waals surface area contributed by atoms with Crippen molar-refractivity contribution in [2.24, 2.45) is 5.92 Å². The maximum Gasteiger partial charge on any atom is 0.225 e. The molecule has 0 unspecified atom stereocenters. The van der Waals surface area contributed by atoms with Crippen LogP contribution >= 0.6 is 0 Å². The molecule has 0 spiro atoms. The number of sulfonamides is 1. The number of benzene rings is 1. The van der Waals surface area contributed by atoms with Crippen LogP contribution in [0.4, 0.5) is 5.69 Å². The molecule has 128 valence electrons. The molecule has 0 atom stereocenters. The highest BCUT2D eigenvalue weighted by molar-refractivity contribution is 7.88. The molecule has 0 saturated heterocycles. The summed E-state index contributed by atoms with van der Waals surface area (Å²) >= 11 is 0. The summed E-state index contributed by atoms with van der Waals surface area (Å²) in [5, 5.41) is 2.70. The van der Waals surface area contributed by atoms with E-state index in [9.17, 15) is 18.0 Å². The number of amides is 1. The van der Waals surface area contributed by atoms with Gasteiger partial charge in [0, 0.05) is 30.8 Å². The van der Waals surface area contributed by atoms with Gasteiger partial charge in [-0.2, -0.15) is 0 Å². The SMILES string of the molecule is CC(=O)c1ccc(NC(=O)CCN(CC(C)C)S(C)(=O)=O)cc1. The second-order valence-corrected chi connectivity index (χ2v) is 7.93. The van der Waals surface area contributed by atoms with E-state index in [1.807, 2.05) is 13.8 Å². The summed E-state index contributed by atoms with van der Waals surface area (Å²) in [4.78, 5) is 23.1. The lowest BCUT2D eigenvalue weighted by Gasteiger charge is -2.21. The van der Waals surface area contributed by atoms with Crippen LogP contribution in [0.1, 0.15) is 37.6 Å². The summed E-state index contributed by atoms with van der Waals surface area (Å²) in [6.07, 6.45) is 1.22. The van der Waals surface area contributed by atoms with Gasteiger partial charge in [-0.1, -0.05) is 13.8 Å². The molecule has 0 aliphatic rings. The van der Waals surface area contributed by atoms with Crippen molar-refractivity contribution in [3.8, 4) is 0 Å². The number of ketones is 1. The highest BCUT2D eigenvalue weighted by Gasteiger charge is 2.18. The molecule has 6 nitrogen and oxygen atoms in total. The van der Waals surface area contributed by atoms with Gasteiger partial charge in [-0.15, -0.1) is 0 Å². The minimum Gasteiger partial charge on any atom is -0.326 e. The first-order valence-electron chi connectivity index (χ1n) is 7.45. The number of hydrogen-bond acceptors (Lipinski definition) is 4. The molecule has 0 aromatic heterocycles. The Morgan fingerprint density at radius 3 is 2.17 bits per heavy atom. The van der Waals surface area contributed by atoms with E-state index in [1.54, 1.807) is 24.3 Å². The minimum absolute atomic E-state index is 0.0413. The summed E-state index contributed by atoms with van der Waals surface area (Å²) in [6, 6.07) is 6.58. The van der Waals surface area contributed by atoms with E-state index in [4.69, 9.17) is 0 Å². The molecule has 0 fully saturated rings. The van der Waals surface area contributed by atoms with Gasteiger partial charge in [-0.3, -0.25) is 9.59 Å². The van der Waals surface area contributed by atoms with Crippen molar-refractivity contribution in [3.05, 3.63) is 29.8 Å². The molecule has 1 N–H and O–H groups in total. The number of carbonyl (C=O) groups excluding carboxylic acids is 2. The summed E-state index contributed by atoms with van der Waals surface area (Å²) in [6.45, 7) is 5.86. The van der Waals surface area contributed by atoms with E-state index in [2.05, 4.69) is 5.32 Å². The Hall–Kier alpha value is -1.73. The Kier molecular flexibility index (Phi) is 6.90. The van der Waals surface area contributed by atoms with Crippen LogP contribution < -0.4 is 5.32 Å². The number of nitrogens with zero attached hydrogens (tertiary/aromatic N) is 1. The molecular weight excluding hydrogens is 316 g/mol. The quantitative estimate of drug-likeness (QED) is 0.735. The number of anilines is 1. The Labute approximate surface area is 137 Å². The number of rotatable bonds is 8. The molecule has 0 aliphatic heterocycles. The fraction of sp³-hybridized carbons (Fsp3) is 0.500. The van der Waals surface area contributed by atoms with Crippen LogP contribution in [-0.4, -0.2) is 43.8 Å². The van der Waals surface area contributed by atoms with E-state index in [-0.39, 0.29) is 30.6 Å². The number of hydrogen-bond donors (Lipinski definition) is 1. The van der Waals surface area contributed by atoms with Crippen molar-refractivity contribution in [3.63, 3.8) is 0 Å². The summed E-state index contributed by atoms with van der Waals surface area (Å²) in [5.74, 6) is -0.120. The van der Waals surface area contributed by atoms with Crippen molar-refractivity contribution in [2.75, 3.05) is 24.7 Å². The first kappa shape index (κ1) is 19.3. The van der Waals surface area contributed by atoms with Crippen molar-refractivity contribution < 1.29 is 18.0 Å². The Balaban J connectivity index is 2.60. The highest BCUT2D eigenvalue weighted by Crippen LogP contribution is 2.11. The lowest BCUT2D eigenvalue weighted by Crippen LogP contribution is -2.35. The van der Waals surface area contributed by atoms with Crippen LogP contribution in [0.5, 0.6) is 0 Å². The second-order valence-electron chi connectivity index (χ2n) is 5.95. The molecule has 0 saturated carbocycles.